The molecular weight excluding hydrogens is 200 g/mol. The van der Waals surface area contributed by atoms with E-state index in [4.69, 9.17) is 11.8 Å². The maximum absolute atomic E-state index is 11.1. The second-order valence-corrected chi connectivity index (χ2v) is 4.92. The fraction of sp³-hybridized carbons (Fsp3) is 0.700. The van der Waals surface area contributed by atoms with Crippen molar-refractivity contribution in [1.82, 2.24) is 5.32 Å². The van der Waals surface area contributed by atoms with Crippen molar-refractivity contribution in [1.29, 1.82) is 0 Å². The molecular formula is C10H20ClN2O+. The molecule has 0 unspecified atom stereocenters. The van der Waals surface area contributed by atoms with Crippen molar-refractivity contribution in [2.75, 3.05) is 27.2 Å². The number of rotatable bonds is 6. The number of amides is 1. The van der Waals surface area contributed by atoms with Gasteiger partial charge in [0.2, 0.25) is 5.91 Å². The van der Waals surface area contributed by atoms with Crippen LogP contribution in [0, 0.1) is 0 Å². The highest BCUT2D eigenvalue weighted by Gasteiger charge is 2.09. The van der Waals surface area contributed by atoms with Gasteiger partial charge < -0.3 is 5.32 Å². The number of carbonyl (C=O) groups excluding carboxylic acids is 1. The monoisotopic (exact) mass is 219 g/mol. The lowest BCUT2D eigenvalue weighted by Crippen LogP contribution is -2.30. The van der Waals surface area contributed by atoms with Gasteiger partial charge in [-0.15, -0.1) is 0 Å². The number of carbonyl (C=O) groups is 1. The van der Waals surface area contributed by atoms with Gasteiger partial charge in [0.15, 0.2) is 11.8 Å². The molecule has 0 rings (SSSR count). The van der Waals surface area contributed by atoms with E-state index in [0.717, 1.165) is 19.4 Å². The molecule has 0 aromatic rings. The minimum absolute atomic E-state index is 0.0652. The maximum Gasteiger partial charge on any atom is 0.246 e. The first-order valence-corrected chi connectivity index (χ1v) is 5.13. The molecule has 3 nitrogen and oxygen atoms in total. The lowest BCUT2D eigenvalue weighted by atomic mass is 10.3. The number of halogens is 1. The average molecular weight is 220 g/mol. The first-order chi connectivity index (χ1) is 6.33. The molecule has 0 radical (unpaired) electrons. The molecule has 82 valence electrons. The number of unbranched alkanes of at least 4 members (excludes halogenated alkanes) is 1. The Bertz CT molecular complexity index is 209. The van der Waals surface area contributed by atoms with Gasteiger partial charge in [0.1, 0.15) is 0 Å². The molecule has 14 heavy (non-hydrogen) atoms. The summed E-state index contributed by atoms with van der Waals surface area (Å²) in [7, 11) is 3.88. The number of hydrogen-bond donors (Lipinski definition) is 1. The van der Waals surface area contributed by atoms with Crippen molar-refractivity contribution >= 4 is 17.7 Å². The molecule has 0 aliphatic carbocycles. The summed E-state index contributed by atoms with van der Waals surface area (Å²) in [5.74, 6) is -0.0652. The van der Waals surface area contributed by atoms with Gasteiger partial charge in [-0.3, -0.25) is 4.79 Å². The van der Waals surface area contributed by atoms with Crippen LogP contribution in [0.1, 0.15) is 19.8 Å². The molecule has 1 amide bonds. The van der Waals surface area contributed by atoms with E-state index in [1.165, 1.54) is 0 Å². The van der Waals surface area contributed by atoms with Crippen LogP contribution in [0.3, 0.4) is 0 Å². The van der Waals surface area contributed by atoms with E-state index in [1.807, 2.05) is 14.1 Å². The third-order valence-electron chi connectivity index (χ3n) is 1.79. The third-order valence-corrected chi connectivity index (χ3v) is 1.96. The van der Waals surface area contributed by atoms with E-state index in [1.54, 1.807) is 6.92 Å². The number of nitrogens with one attached hydrogen (secondary N) is 1. The molecule has 0 aliphatic rings. The minimum atomic E-state index is -0.0652. The van der Waals surface area contributed by atoms with E-state index >= 15 is 0 Å². The normalized spacial score (nSPS) is 11.1. The van der Waals surface area contributed by atoms with Gasteiger partial charge in [-0.1, -0.05) is 6.58 Å². The van der Waals surface area contributed by atoms with Crippen molar-refractivity contribution in [2.45, 2.75) is 19.8 Å². The van der Waals surface area contributed by atoms with Gasteiger partial charge in [0.25, 0.3) is 0 Å². The van der Waals surface area contributed by atoms with Crippen LogP contribution in [0.15, 0.2) is 12.2 Å². The van der Waals surface area contributed by atoms with Crippen LogP contribution in [-0.2, 0) is 4.79 Å². The molecule has 0 heterocycles. The van der Waals surface area contributed by atoms with Gasteiger partial charge in [-0.25, -0.2) is 4.00 Å². The van der Waals surface area contributed by atoms with Gasteiger partial charge in [0, 0.05) is 12.1 Å². The van der Waals surface area contributed by atoms with Crippen LogP contribution in [0.4, 0.5) is 0 Å². The molecule has 4 heteroatoms. The summed E-state index contributed by atoms with van der Waals surface area (Å²) >= 11 is 5.96. The Morgan fingerprint density at radius 2 is 2.00 bits per heavy atom. The van der Waals surface area contributed by atoms with Gasteiger partial charge in [0.05, 0.1) is 20.6 Å². The van der Waals surface area contributed by atoms with Crippen LogP contribution in [0.25, 0.3) is 0 Å². The van der Waals surface area contributed by atoms with Crippen LogP contribution >= 0.6 is 11.8 Å². The Morgan fingerprint density at radius 3 is 2.43 bits per heavy atom. The quantitative estimate of drug-likeness (QED) is 0.411. The van der Waals surface area contributed by atoms with Gasteiger partial charge in [-0.2, -0.15) is 0 Å². The molecule has 1 N–H and O–H groups in total. The highest BCUT2D eigenvalue weighted by atomic mass is 35.5. The molecule has 0 aromatic carbocycles. The van der Waals surface area contributed by atoms with Crippen molar-refractivity contribution in [3.8, 4) is 0 Å². The number of hydrogen-bond acceptors (Lipinski definition) is 1. The first-order valence-electron chi connectivity index (χ1n) is 4.79. The minimum Gasteiger partial charge on any atom is -0.352 e. The van der Waals surface area contributed by atoms with E-state index < -0.39 is 0 Å². The van der Waals surface area contributed by atoms with E-state index in [-0.39, 0.29) is 5.91 Å². The van der Waals surface area contributed by atoms with Crippen LogP contribution in [-0.4, -0.2) is 37.1 Å². The summed E-state index contributed by atoms with van der Waals surface area (Å²) < 4.78 is 0.453. The molecule has 0 aliphatic heterocycles. The number of nitrogens with zero attached hydrogens (tertiary/aromatic N) is 1. The largest absolute Gasteiger partial charge is 0.352 e. The Hall–Kier alpha value is -0.540. The van der Waals surface area contributed by atoms with Crippen LogP contribution in [0.2, 0.25) is 0 Å². The van der Waals surface area contributed by atoms with Crippen LogP contribution in [0.5, 0.6) is 0 Å². The standard InChI is InChI=1S/C10H19ClN2O/c1-9(2)10(14)12-7-5-6-8-13(3,4)11/h1,5-8H2,2-4H3/p+1. The summed E-state index contributed by atoms with van der Waals surface area (Å²) in [6.45, 7) is 6.86. The average Bonchev–Trinajstić information content (AvgIpc) is 2.01. The lowest BCUT2D eigenvalue weighted by Gasteiger charge is -2.17. The summed E-state index contributed by atoms with van der Waals surface area (Å²) in [5.41, 5.74) is 0.554. The molecule has 0 fully saturated rings. The second-order valence-electron chi connectivity index (χ2n) is 4.00. The zero-order chi connectivity index (χ0) is 11.2. The predicted octanol–water partition coefficient (Wildman–Crippen LogP) is 1.69. The fourth-order valence-corrected chi connectivity index (χ4v) is 1.09. The van der Waals surface area contributed by atoms with Crippen molar-refractivity contribution in [3.05, 3.63) is 12.2 Å². The zero-order valence-electron chi connectivity index (χ0n) is 9.27. The van der Waals surface area contributed by atoms with E-state index in [0.29, 0.717) is 16.1 Å². The van der Waals surface area contributed by atoms with Crippen molar-refractivity contribution in [3.63, 3.8) is 0 Å². The summed E-state index contributed by atoms with van der Waals surface area (Å²) in [4.78, 5) is 11.1. The van der Waals surface area contributed by atoms with E-state index in [9.17, 15) is 4.79 Å². The Morgan fingerprint density at radius 1 is 1.43 bits per heavy atom. The molecule has 0 bridgehead atoms. The maximum atomic E-state index is 11.1. The lowest BCUT2D eigenvalue weighted by molar-refractivity contribution is -0.771. The summed E-state index contributed by atoms with van der Waals surface area (Å²) in [6, 6.07) is 0. The second kappa shape index (κ2) is 6.04. The van der Waals surface area contributed by atoms with E-state index in [2.05, 4.69) is 11.9 Å². The third kappa shape index (κ3) is 8.08. The Kier molecular flexibility index (Phi) is 5.81. The fourth-order valence-electron chi connectivity index (χ4n) is 0.966. The first kappa shape index (κ1) is 13.5. The van der Waals surface area contributed by atoms with Gasteiger partial charge >= 0.3 is 0 Å². The number of quaternary nitrogens is 1. The van der Waals surface area contributed by atoms with Crippen molar-refractivity contribution in [2.24, 2.45) is 0 Å². The summed E-state index contributed by atoms with van der Waals surface area (Å²) in [5, 5.41) is 2.78. The van der Waals surface area contributed by atoms with Crippen LogP contribution < -0.4 is 5.32 Å². The predicted molar refractivity (Wildman–Crippen MR) is 59.9 cm³/mol. The van der Waals surface area contributed by atoms with Crippen molar-refractivity contribution < 1.29 is 8.80 Å². The molecule has 0 atom stereocenters. The highest BCUT2D eigenvalue weighted by Crippen LogP contribution is 2.04. The Balaban J connectivity index is 3.39. The Labute approximate surface area is 91.4 Å². The SMILES string of the molecule is C=C(C)C(=O)NCCCC[N+](C)(C)Cl. The molecule has 0 spiro atoms. The molecule has 0 aromatic heterocycles. The molecule has 0 saturated heterocycles. The summed E-state index contributed by atoms with van der Waals surface area (Å²) in [6.07, 6.45) is 1.96. The molecule has 0 saturated carbocycles. The zero-order valence-corrected chi connectivity index (χ0v) is 10.0. The smallest absolute Gasteiger partial charge is 0.246 e. The topological polar surface area (TPSA) is 29.1 Å². The van der Waals surface area contributed by atoms with Gasteiger partial charge in [-0.05, 0) is 19.8 Å². The highest BCUT2D eigenvalue weighted by molar-refractivity contribution is 6.06.